The maximum atomic E-state index is 10.7. The molecule has 3 N–H and O–H groups in total. The van der Waals surface area contributed by atoms with Gasteiger partial charge in [0.15, 0.2) is 6.10 Å². The van der Waals surface area contributed by atoms with E-state index in [1.807, 2.05) is 0 Å². The normalized spacial score (nSPS) is 38.0. The number of aliphatic hydroxyl groups excluding tert-OH is 3. The molecule has 1 heterocycles. The summed E-state index contributed by atoms with van der Waals surface area (Å²) in [6, 6.07) is 0. The van der Waals surface area contributed by atoms with Crippen molar-refractivity contribution >= 4 is 5.97 Å². The molecule has 6 nitrogen and oxygen atoms in total. The molecule has 0 spiro atoms. The number of aliphatic hydroxyl groups is 3. The van der Waals surface area contributed by atoms with Crippen molar-refractivity contribution < 1.29 is 29.6 Å². The second-order valence-corrected chi connectivity index (χ2v) is 3.05. The van der Waals surface area contributed by atoms with Crippen LogP contribution >= 0.6 is 0 Å². The zero-order valence-electron chi connectivity index (χ0n) is 7.66. The lowest BCUT2D eigenvalue weighted by Gasteiger charge is -2.36. The molecular weight excluding hydrogens is 192 g/mol. The topological polar surface area (TPSA) is 96.2 Å². The summed E-state index contributed by atoms with van der Waals surface area (Å²) in [6.45, 7) is 1.77. The first-order valence-electron chi connectivity index (χ1n) is 4.19. The van der Waals surface area contributed by atoms with Gasteiger partial charge in [0.25, 0.3) is 0 Å². The van der Waals surface area contributed by atoms with Crippen LogP contribution < -0.4 is 0 Å². The fourth-order valence-electron chi connectivity index (χ4n) is 1.24. The van der Waals surface area contributed by atoms with Crippen molar-refractivity contribution in [2.45, 2.75) is 31.3 Å². The Morgan fingerprint density at radius 2 is 2.21 bits per heavy atom. The van der Waals surface area contributed by atoms with Gasteiger partial charge in [0, 0.05) is 6.92 Å². The van der Waals surface area contributed by atoms with Crippen molar-refractivity contribution in [1.29, 1.82) is 0 Å². The molecule has 1 saturated heterocycles. The Morgan fingerprint density at radius 3 is 2.71 bits per heavy atom. The Hall–Kier alpha value is -0.690. The van der Waals surface area contributed by atoms with Crippen LogP contribution in [0.25, 0.3) is 0 Å². The standard InChI is InChI=1S/C8H13O6/c1-4(10)14-8-6(2-9)13-3-5(11)7(8)12/h3,5-9,11-12H,2H2,1H3/t5-,6+,7+,8+/m0/s1. The van der Waals surface area contributed by atoms with E-state index in [4.69, 9.17) is 14.6 Å². The molecule has 1 aliphatic heterocycles. The van der Waals surface area contributed by atoms with E-state index in [1.54, 1.807) is 0 Å². The first-order chi connectivity index (χ1) is 6.56. The third kappa shape index (κ3) is 2.42. The number of carbonyl (C=O) groups excluding carboxylic acids is 1. The van der Waals surface area contributed by atoms with Gasteiger partial charge in [-0.3, -0.25) is 4.79 Å². The molecule has 14 heavy (non-hydrogen) atoms. The largest absolute Gasteiger partial charge is 0.457 e. The van der Waals surface area contributed by atoms with Crippen LogP contribution in [0.2, 0.25) is 0 Å². The maximum absolute atomic E-state index is 10.7. The molecule has 4 atom stereocenters. The van der Waals surface area contributed by atoms with Gasteiger partial charge in [0.2, 0.25) is 0 Å². The van der Waals surface area contributed by atoms with E-state index < -0.39 is 37.0 Å². The monoisotopic (exact) mass is 205 g/mol. The van der Waals surface area contributed by atoms with Crippen molar-refractivity contribution in [3.63, 3.8) is 0 Å². The lowest BCUT2D eigenvalue weighted by molar-refractivity contribution is -0.196. The van der Waals surface area contributed by atoms with Crippen LogP contribution in [-0.2, 0) is 14.3 Å². The highest BCUT2D eigenvalue weighted by molar-refractivity contribution is 5.66. The van der Waals surface area contributed by atoms with Crippen LogP contribution in [0.3, 0.4) is 0 Å². The molecule has 0 aromatic rings. The highest BCUT2D eigenvalue weighted by Gasteiger charge is 2.40. The minimum Gasteiger partial charge on any atom is -0.457 e. The molecule has 0 aliphatic carbocycles. The minimum absolute atomic E-state index is 0.405. The summed E-state index contributed by atoms with van der Waals surface area (Å²) in [4.78, 5) is 10.7. The van der Waals surface area contributed by atoms with Gasteiger partial charge in [-0.05, 0) is 0 Å². The van der Waals surface area contributed by atoms with E-state index in [2.05, 4.69) is 0 Å². The number of esters is 1. The number of carbonyl (C=O) groups is 1. The lowest BCUT2D eigenvalue weighted by Crippen LogP contribution is -2.53. The molecule has 0 amide bonds. The Morgan fingerprint density at radius 1 is 1.57 bits per heavy atom. The average molecular weight is 205 g/mol. The summed E-state index contributed by atoms with van der Waals surface area (Å²) >= 11 is 0. The van der Waals surface area contributed by atoms with E-state index in [-0.39, 0.29) is 0 Å². The van der Waals surface area contributed by atoms with Crippen LogP contribution in [-0.4, -0.2) is 52.3 Å². The van der Waals surface area contributed by atoms with E-state index in [0.29, 0.717) is 0 Å². The van der Waals surface area contributed by atoms with Gasteiger partial charge in [-0.25, -0.2) is 0 Å². The molecule has 6 heteroatoms. The highest BCUT2D eigenvalue weighted by Crippen LogP contribution is 2.20. The van der Waals surface area contributed by atoms with Crippen LogP contribution in [0.15, 0.2) is 0 Å². The Bertz CT molecular complexity index is 204. The minimum atomic E-state index is -1.27. The summed E-state index contributed by atoms with van der Waals surface area (Å²) in [5.41, 5.74) is 0. The predicted octanol–water partition coefficient (Wildman–Crippen LogP) is -1.81. The van der Waals surface area contributed by atoms with Gasteiger partial charge in [0.1, 0.15) is 24.9 Å². The second-order valence-electron chi connectivity index (χ2n) is 3.05. The molecule has 0 aromatic heterocycles. The Labute approximate surface area is 81.1 Å². The van der Waals surface area contributed by atoms with Gasteiger partial charge in [-0.2, -0.15) is 0 Å². The van der Waals surface area contributed by atoms with Crippen LogP contribution in [0.1, 0.15) is 6.92 Å². The lowest BCUT2D eigenvalue weighted by atomic mass is 10.0. The molecular formula is C8H13O6. The van der Waals surface area contributed by atoms with Gasteiger partial charge < -0.3 is 24.8 Å². The SMILES string of the molecule is CC(=O)O[C@H]1[C@H](O)[C@@H](O)[CH]O[C@@H]1CO. The van der Waals surface area contributed by atoms with Crippen molar-refractivity contribution in [1.82, 2.24) is 0 Å². The molecule has 81 valence electrons. The van der Waals surface area contributed by atoms with Crippen LogP contribution in [0, 0.1) is 6.61 Å². The zero-order chi connectivity index (χ0) is 10.7. The number of ether oxygens (including phenoxy) is 2. The van der Waals surface area contributed by atoms with Crippen molar-refractivity contribution in [2.24, 2.45) is 0 Å². The Kier molecular flexibility index (Phi) is 3.82. The summed E-state index contributed by atoms with van der Waals surface area (Å²) in [6.07, 6.45) is -4.37. The molecule has 1 fully saturated rings. The van der Waals surface area contributed by atoms with Crippen molar-refractivity contribution in [3.8, 4) is 0 Å². The summed E-state index contributed by atoms with van der Waals surface area (Å²) in [5.74, 6) is -0.606. The van der Waals surface area contributed by atoms with E-state index >= 15 is 0 Å². The highest BCUT2D eigenvalue weighted by atomic mass is 16.6. The quantitative estimate of drug-likeness (QED) is 0.460. The smallest absolute Gasteiger partial charge is 0.303 e. The fourth-order valence-corrected chi connectivity index (χ4v) is 1.24. The summed E-state index contributed by atoms with van der Waals surface area (Å²) < 4.78 is 9.58. The van der Waals surface area contributed by atoms with Gasteiger partial charge in [0.05, 0.1) is 6.61 Å². The van der Waals surface area contributed by atoms with E-state index in [1.165, 1.54) is 6.92 Å². The summed E-state index contributed by atoms with van der Waals surface area (Å²) in [5, 5.41) is 27.5. The molecule has 0 aromatic carbocycles. The first kappa shape index (κ1) is 11.4. The fraction of sp³-hybridized carbons (Fsp3) is 0.750. The van der Waals surface area contributed by atoms with E-state index in [9.17, 15) is 15.0 Å². The third-order valence-electron chi connectivity index (χ3n) is 1.93. The second kappa shape index (κ2) is 4.70. The Balaban J connectivity index is 2.66. The molecule has 1 rings (SSSR count). The van der Waals surface area contributed by atoms with Gasteiger partial charge in [-0.1, -0.05) is 0 Å². The van der Waals surface area contributed by atoms with E-state index in [0.717, 1.165) is 6.61 Å². The third-order valence-corrected chi connectivity index (χ3v) is 1.93. The van der Waals surface area contributed by atoms with Crippen LogP contribution in [0.5, 0.6) is 0 Å². The molecule has 0 unspecified atom stereocenters. The number of hydrogen-bond donors (Lipinski definition) is 3. The average Bonchev–Trinajstić information content (AvgIpc) is 2.13. The summed E-state index contributed by atoms with van der Waals surface area (Å²) in [7, 11) is 0. The molecule has 0 saturated carbocycles. The zero-order valence-corrected chi connectivity index (χ0v) is 7.66. The number of rotatable bonds is 2. The molecule has 0 bridgehead atoms. The predicted molar refractivity (Wildman–Crippen MR) is 43.8 cm³/mol. The van der Waals surface area contributed by atoms with Crippen LogP contribution in [0.4, 0.5) is 0 Å². The van der Waals surface area contributed by atoms with Crippen molar-refractivity contribution in [2.75, 3.05) is 6.61 Å². The molecule has 1 radical (unpaired) electrons. The van der Waals surface area contributed by atoms with Gasteiger partial charge >= 0.3 is 5.97 Å². The van der Waals surface area contributed by atoms with Crippen molar-refractivity contribution in [3.05, 3.63) is 6.61 Å². The van der Waals surface area contributed by atoms with Gasteiger partial charge in [-0.15, -0.1) is 0 Å². The molecule has 1 aliphatic rings. The number of hydrogen-bond acceptors (Lipinski definition) is 6. The first-order valence-corrected chi connectivity index (χ1v) is 4.19. The maximum Gasteiger partial charge on any atom is 0.303 e.